The fraction of sp³-hybridized carbons (Fsp3) is 0.625. The van der Waals surface area contributed by atoms with Gasteiger partial charge in [0.1, 0.15) is 0 Å². The largest absolute Gasteiger partial charge is 0.393 e. The molecule has 1 aliphatic rings. The van der Waals surface area contributed by atoms with Gasteiger partial charge >= 0.3 is 0 Å². The monoisotopic (exact) mass is 281 g/mol. The van der Waals surface area contributed by atoms with E-state index in [1.807, 2.05) is 18.2 Å². The maximum atomic E-state index is 10.2. The molecule has 2 nitrogen and oxygen atoms in total. The number of rotatable bonds is 4. The molecule has 0 amide bonds. The molecular weight excluding hydrogens is 258 g/mol. The summed E-state index contributed by atoms with van der Waals surface area (Å²) in [5.74, 6) is 0.423. The summed E-state index contributed by atoms with van der Waals surface area (Å²) in [6, 6.07) is 8.01. The minimum Gasteiger partial charge on any atom is -0.393 e. The van der Waals surface area contributed by atoms with Crippen molar-refractivity contribution in [3.8, 4) is 0 Å². The van der Waals surface area contributed by atoms with Gasteiger partial charge in [-0.05, 0) is 43.5 Å². The lowest BCUT2D eigenvalue weighted by atomic mass is 9.96. The van der Waals surface area contributed by atoms with Crippen LogP contribution in [0.15, 0.2) is 24.3 Å². The highest BCUT2D eigenvalue weighted by atomic mass is 35.5. The number of halogens is 1. The lowest BCUT2D eigenvalue weighted by molar-refractivity contribution is 0.0780. The van der Waals surface area contributed by atoms with Crippen molar-refractivity contribution >= 4 is 11.6 Å². The van der Waals surface area contributed by atoms with Crippen molar-refractivity contribution in [3.05, 3.63) is 34.9 Å². The minimum atomic E-state index is -0.121. The Morgan fingerprint density at radius 3 is 2.84 bits per heavy atom. The predicted molar refractivity (Wildman–Crippen MR) is 80.4 cm³/mol. The van der Waals surface area contributed by atoms with Gasteiger partial charge in [0.2, 0.25) is 0 Å². The first-order valence-electron chi connectivity index (χ1n) is 7.26. The number of benzene rings is 1. The summed E-state index contributed by atoms with van der Waals surface area (Å²) in [6.07, 6.45) is 5.70. The average molecular weight is 282 g/mol. The topological polar surface area (TPSA) is 23.5 Å². The number of nitrogens with zero attached hydrogens (tertiary/aromatic N) is 1. The van der Waals surface area contributed by atoms with Gasteiger partial charge in [-0.1, -0.05) is 43.0 Å². The van der Waals surface area contributed by atoms with Crippen molar-refractivity contribution in [3.63, 3.8) is 0 Å². The van der Waals surface area contributed by atoms with E-state index in [4.69, 9.17) is 11.6 Å². The summed E-state index contributed by atoms with van der Waals surface area (Å²) in [7, 11) is 2.12. The zero-order valence-electron chi connectivity index (χ0n) is 11.7. The van der Waals surface area contributed by atoms with Crippen LogP contribution in [-0.2, 0) is 6.54 Å². The summed E-state index contributed by atoms with van der Waals surface area (Å²) < 4.78 is 0. The standard InChI is InChI=1S/C16H24ClNO/c1-18(11-13-6-5-8-15(17)10-13)12-14-7-3-2-4-9-16(14)19/h5-6,8,10,14,16,19H,2-4,7,9,11-12H2,1H3. The molecule has 106 valence electrons. The highest BCUT2D eigenvalue weighted by Crippen LogP contribution is 2.24. The van der Waals surface area contributed by atoms with Crippen LogP contribution >= 0.6 is 11.6 Å². The van der Waals surface area contributed by atoms with Gasteiger partial charge in [0.15, 0.2) is 0 Å². The van der Waals surface area contributed by atoms with Gasteiger partial charge in [-0.25, -0.2) is 0 Å². The van der Waals surface area contributed by atoms with E-state index in [1.165, 1.54) is 24.8 Å². The maximum Gasteiger partial charge on any atom is 0.0580 e. The molecule has 2 atom stereocenters. The van der Waals surface area contributed by atoms with Crippen molar-refractivity contribution in [2.24, 2.45) is 5.92 Å². The zero-order valence-corrected chi connectivity index (χ0v) is 12.4. The van der Waals surface area contributed by atoms with Crippen LogP contribution in [0.25, 0.3) is 0 Å². The summed E-state index contributed by atoms with van der Waals surface area (Å²) in [4.78, 5) is 2.30. The second-order valence-electron chi connectivity index (χ2n) is 5.79. The number of hydrogen-bond acceptors (Lipinski definition) is 2. The molecule has 1 aliphatic carbocycles. The molecule has 0 heterocycles. The van der Waals surface area contributed by atoms with Crippen LogP contribution in [0.3, 0.4) is 0 Å². The SMILES string of the molecule is CN(Cc1cccc(Cl)c1)CC1CCCCCC1O. The molecule has 1 aromatic rings. The second kappa shape index (κ2) is 7.28. The minimum absolute atomic E-state index is 0.121. The van der Waals surface area contributed by atoms with Crippen LogP contribution in [0.1, 0.15) is 37.7 Å². The van der Waals surface area contributed by atoms with Crippen LogP contribution in [-0.4, -0.2) is 29.7 Å². The van der Waals surface area contributed by atoms with Gasteiger partial charge in [0.25, 0.3) is 0 Å². The molecule has 2 unspecified atom stereocenters. The lowest BCUT2D eigenvalue weighted by Crippen LogP contribution is -2.32. The van der Waals surface area contributed by atoms with Crippen molar-refractivity contribution in [1.29, 1.82) is 0 Å². The Morgan fingerprint density at radius 2 is 2.05 bits per heavy atom. The highest BCUT2D eigenvalue weighted by molar-refractivity contribution is 6.30. The van der Waals surface area contributed by atoms with Gasteiger partial charge in [-0.2, -0.15) is 0 Å². The highest BCUT2D eigenvalue weighted by Gasteiger charge is 2.22. The van der Waals surface area contributed by atoms with E-state index < -0.39 is 0 Å². The van der Waals surface area contributed by atoms with E-state index in [2.05, 4.69) is 18.0 Å². The third-order valence-electron chi connectivity index (χ3n) is 4.01. The van der Waals surface area contributed by atoms with E-state index in [9.17, 15) is 5.11 Å². The zero-order chi connectivity index (χ0) is 13.7. The molecule has 0 spiro atoms. The van der Waals surface area contributed by atoms with E-state index >= 15 is 0 Å². The summed E-state index contributed by atoms with van der Waals surface area (Å²) in [6.45, 7) is 1.86. The first-order chi connectivity index (χ1) is 9.15. The molecule has 19 heavy (non-hydrogen) atoms. The first-order valence-corrected chi connectivity index (χ1v) is 7.64. The second-order valence-corrected chi connectivity index (χ2v) is 6.23. The van der Waals surface area contributed by atoms with Gasteiger partial charge in [-0.3, -0.25) is 0 Å². The Bertz CT molecular complexity index is 396. The third-order valence-corrected chi connectivity index (χ3v) is 4.24. The molecule has 3 heteroatoms. The molecule has 1 aromatic carbocycles. The van der Waals surface area contributed by atoms with Gasteiger partial charge in [-0.15, -0.1) is 0 Å². The van der Waals surface area contributed by atoms with Crippen LogP contribution in [0, 0.1) is 5.92 Å². The Morgan fingerprint density at radius 1 is 1.26 bits per heavy atom. The number of hydrogen-bond donors (Lipinski definition) is 1. The van der Waals surface area contributed by atoms with Gasteiger partial charge < -0.3 is 10.0 Å². The predicted octanol–water partition coefficient (Wildman–Crippen LogP) is 3.71. The summed E-state index contributed by atoms with van der Waals surface area (Å²) in [5, 5.41) is 11.0. The third kappa shape index (κ3) is 4.79. The summed E-state index contributed by atoms with van der Waals surface area (Å²) in [5.41, 5.74) is 1.23. The van der Waals surface area contributed by atoms with Crippen LogP contribution in [0.5, 0.6) is 0 Å². The van der Waals surface area contributed by atoms with Gasteiger partial charge in [0, 0.05) is 18.1 Å². The average Bonchev–Trinajstić information content (AvgIpc) is 2.55. The van der Waals surface area contributed by atoms with E-state index in [-0.39, 0.29) is 6.10 Å². The fourth-order valence-electron chi connectivity index (χ4n) is 2.99. The van der Waals surface area contributed by atoms with Crippen LogP contribution in [0.4, 0.5) is 0 Å². The quantitative estimate of drug-likeness (QED) is 0.851. The smallest absolute Gasteiger partial charge is 0.0580 e. The van der Waals surface area contributed by atoms with E-state index in [1.54, 1.807) is 0 Å². The molecule has 0 radical (unpaired) electrons. The molecule has 0 saturated heterocycles. The van der Waals surface area contributed by atoms with Crippen molar-refractivity contribution in [1.82, 2.24) is 4.90 Å². The number of aliphatic hydroxyl groups excluding tert-OH is 1. The van der Waals surface area contributed by atoms with E-state index in [0.717, 1.165) is 31.0 Å². The molecular formula is C16H24ClNO. The molecule has 0 bridgehead atoms. The van der Waals surface area contributed by atoms with Crippen molar-refractivity contribution in [2.45, 2.75) is 44.8 Å². The Hall–Kier alpha value is -0.570. The Kier molecular flexibility index (Phi) is 5.68. The molecule has 0 aliphatic heterocycles. The van der Waals surface area contributed by atoms with Crippen LogP contribution in [0.2, 0.25) is 5.02 Å². The molecule has 2 rings (SSSR count). The summed E-state index contributed by atoms with van der Waals surface area (Å²) >= 11 is 6.01. The maximum absolute atomic E-state index is 10.2. The molecule has 0 aromatic heterocycles. The fourth-order valence-corrected chi connectivity index (χ4v) is 3.20. The molecule has 1 saturated carbocycles. The first kappa shape index (κ1) is 14.8. The number of aliphatic hydroxyl groups is 1. The van der Waals surface area contributed by atoms with Crippen molar-refractivity contribution < 1.29 is 5.11 Å². The Labute approximate surface area is 121 Å². The normalized spacial score (nSPS) is 24.4. The Balaban J connectivity index is 1.87. The lowest BCUT2D eigenvalue weighted by Gasteiger charge is -2.26. The van der Waals surface area contributed by atoms with Crippen LogP contribution < -0.4 is 0 Å². The molecule has 1 fully saturated rings. The van der Waals surface area contributed by atoms with Crippen molar-refractivity contribution in [2.75, 3.05) is 13.6 Å². The van der Waals surface area contributed by atoms with Gasteiger partial charge in [0.05, 0.1) is 6.10 Å². The molecule has 1 N–H and O–H groups in total. The van der Waals surface area contributed by atoms with E-state index in [0.29, 0.717) is 5.92 Å².